The Labute approximate surface area is 248 Å². The molecule has 0 aliphatic carbocycles. The van der Waals surface area contributed by atoms with Crippen molar-refractivity contribution in [1.29, 1.82) is 0 Å². The molecule has 0 aromatic rings. The molecule has 0 amide bonds. The number of hydrogen-bond acceptors (Lipinski definition) is 18. The van der Waals surface area contributed by atoms with Crippen LogP contribution in [0.5, 0.6) is 0 Å². The highest BCUT2D eigenvalue weighted by Crippen LogP contribution is 2.34. The lowest BCUT2D eigenvalue weighted by Crippen LogP contribution is -2.79. The third kappa shape index (κ3) is 12.4. The Morgan fingerprint density at radius 2 is 0.977 bits per heavy atom. The number of methoxy groups -OCH3 is 2. The Morgan fingerprint density at radius 3 is 1.26 bits per heavy atom. The molecule has 0 aromatic heterocycles. The lowest BCUT2D eigenvalue weighted by molar-refractivity contribution is -0.513. The second-order valence-electron chi connectivity index (χ2n) is 9.59. The smallest absolute Gasteiger partial charge is 0.374 e. The number of ether oxygens (including phenoxy) is 4. The molecule has 2 atom stereocenters. The Hall–Kier alpha value is -2.20. The van der Waals surface area contributed by atoms with E-state index in [1.165, 1.54) is 28.1 Å². The SMILES string of the molecule is CCC(=O)C(=O)OCCCN(CC(O)COC)C(O)(O)C(O)(O)C(O)(O)N(CCCOC(=O)C(=O)CC)CC(O)COC. The molecular weight excluding hydrogens is 584 g/mol. The minimum Gasteiger partial charge on any atom is -0.460 e. The summed E-state index contributed by atoms with van der Waals surface area (Å²) < 4.78 is 19.1. The second kappa shape index (κ2) is 19.2. The van der Waals surface area contributed by atoms with Gasteiger partial charge < -0.3 is 59.8 Å². The molecular formula is C25H46N2O16. The maximum Gasteiger partial charge on any atom is 0.374 e. The number of esters is 2. The number of nitrogens with zero attached hydrogens (tertiary/aromatic N) is 2. The topological polar surface area (TPSA) is 274 Å². The van der Waals surface area contributed by atoms with Crippen LogP contribution in [0.3, 0.4) is 0 Å². The number of rotatable bonds is 24. The van der Waals surface area contributed by atoms with Gasteiger partial charge in [-0.15, -0.1) is 0 Å². The van der Waals surface area contributed by atoms with Crippen molar-refractivity contribution >= 4 is 23.5 Å². The molecule has 0 spiro atoms. The van der Waals surface area contributed by atoms with E-state index >= 15 is 0 Å². The highest BCUT2D eigenvalue weighted by Gasteiger charge is 2.66. The molecule has 18 heteroatoms. The van der Waals surface area contributed by atoms with Crippen LogP contribution < -0.4 is 0 Å². The van der Waals surface area contributed by atoms with E-state index in [0.717, 1.165) is 0 Å². The predicted octanol–water partition coefficient (Wildman–Crippen LogP) is -4.61. The van der Waals surface area contributed by atoms with Gasteiger partial charge in [0.15, 0.2) is 0 Å². The average molecular weight is 631 g/mol. The Morgan fingerprint density at radius 1 is 0.651 bits per heavy atom. The molecule has 0 bridgehead atoms. The Bertz CT molecular complexity index is 813. The van der Waals surface area contributed by atoms with Crippen molar-refractivity contribution < 1.29 is 79.0 Å². The van der Waals surface area contributed by atoms with Gasteiger partial charge in [0.2, 0.25) is 11.6 Å². The van der Waals surface area contributed by atoms with Crippen molar-refractivity contribution in [2.24, 2.45) is 0 Å². The van der Waals surface area contributed by atoms with Crippen molar-refractivity contribution in [1.82, 2.24) is 9.80 Å². The fourth-order valence-electron chi connectivity index (χ4n) is 3.70. The van der Waals surface area contributed by atoms with Crippen molar-refractivity contribution in [3.05, 3.63) is 0 Å². The first-order valence-corrected chi connectivity index (χ1v) is 13.5. The lowest BCUT2D eigenvalue weighted by atomic mass is 10.0. The summed E-state index contributed by atoms with van der Waals surface area (Å²) in [6.45, 7) is -1.41. The zero-order valence-electron chi connectivity index (χ0n) is 24.9. The summed E-state index contributed by atoms with van der Waals surface area (Å²) in [5, 5.41) is 85.9. The molecule has 0 rings (SSSR count). The summed E-state index contributed by atoms with van der Waals surface area (Å²) in [6, 6.07) is 0. The molecule has 252 valence electrons. The molecule has 0 heterocycles. The Kier molecular flexibility index (Phi) is 18.3. The van der Waals surface area contributed by atoms with Gasteiger partial charge in [0, 0.05) is 53.2 Å². The minimum absolute atomic E-state index is 0.119. The number of carbonyl (C=O) groups is 4. The first kappa shape index (κ1) is 40.8. The van der Waals surface area contributed by atoms with Crippen LogP contribution in [0.15, 0.2) is 0 Å². The normalized spacial score (nSPS) is 14.1. The summed E-state index contributed by atoms with van der Waals surface area (Å²) >= 11 is 0. The molecule has 43 heavy (non-hydrogen) atoms. The van der Waals surface area contributed by atoms with Gasteiger partial charge in [-0.2, -0.15) is 0 Å². The Balaban J connectivity index is 6.06. The van der Waals surface area contributed by atoms with Crippen LogP contribution >= 0.6 is 0 Å². The fourth-order valence-corrected chi connectivity index (χ4v) is 3.70. The largest absolute Gasteiger partial charge is 0.460 e. The summed E-state index contributed by atoms with van der Waals surface area (Å²) in [5.74, 6) is -16.1. The van der Waals surface area contributed by atoms with Gasteiger partial charge in [0.25, 0.3) is 11.8 Å². The zero-order chi connectivity index (χ0) is 33.4. The maximum absolute atomic E-state index is 11.6. The summed E-state index contributed by atoms with van der Waals surface area (Å²) in [7, 11) is 2.44. The number of aliphatic hydroxyl groups excluding tert-OH is 2. The van der Waals surface area contributed by atoms with E-state index < -0.39 is 92.7 Å². The number of ketones is 2. The zero-order valence-corrected chi connectivity index (χ0v) is 24.9. The first-order valence-electron chi connectivity index (χ1n) is 13.5. The highest BCUT2D eigenvalue weighted by molar-refractivity contribution is 6.33. The van der Waals surface area contributed by atoms with E-state index in [0.29, 0.717) is 9.80 Å². The number of Topliss-reactive ketones (excluding diaryl/α,β-unsaturated/α-hetero) is 2. The van der Waals surface area contributed by atoms with E-state index in [1.807, 2.05) is 0 Å². The van der Waals surface area contributed by atoms with Crippen LogP contribution in [0, 0.1) is 0 Å². The van der Waals surface area contributed by atoms with E-state index in [-0.39, 0.29) is 38.9 Å². The summed E-state index contributed by atoms with van der Waals surface area (Å²) in [6.07, 6.45) is -3.71. The molecule has 18 nitrogen and oxygen atoms in total. The standard InChI is InChI=1S/C25H46N2O16/c1-5-19(30)21(32)42-11-7-9-26(13-17(28)15-40-3)24(36,37)23(34,35)25(38,39)27(14-18(29)16-41-4)10-8-12-43-22(33)20(31)6-2/h17-18,28-29,34-39H,5-16H2,1-4H3. The molecule has 2 unspecified atom stereocenters. The van der Waals surface area contributed by atoms with E-state index in [4.69, 9.17) is 18.9 Å². The van der Waals surface area contributed by atoms with Crippen LogP contribution in [0.4, 0.5) is 0 Å². The van der Waals surface area contributed by atoms with Gasteiger partial charge in [0.05, 0.1) is 38.6 Å². The molecule has 0 aliphatic rings. The van der Waals surface area contributed by atoms with Crippen LogP contribution in [0.1, 0.15) is 39.5 Å². The summed E-state index contributed by atoms with van der Waals surface area (Å²) in [4.78, 5) is 46.9. The van der Waals surface area contributed by atoms with Gasteiger partial charge in [-0.3, -0.25) is 9.59 Å². The number of hydrogen-bond donors (Lipinski definition) is 8. The third-order valence-electron chi connectivity index (χ3n) is 6.11. The average Bonchev–Trinajstić information content (AvgIpc) is 2.94. The molecule has 0 radical (unpaired) electrons. The molecule has 0 aliphatic heterocycles. The minimum atomic E-state index is -4.29. The van der Waals surface area contributed by atoms with Crippen LogP contribution in [0.25, 0.3) is 0 Å². The monoisotopic (exact) mass is 630 g/mol. The van der Waals surface area contributed by atoms with Crippen LogP contribution in [-0.4, -0.2) is 171 Å². The lowest BCUT2D eigenvalue weighted by Gasteiger charge is -2.50. The van der Waals surface area contributed by atoms with Gasteiger partial charge in [-0.25, -0.2) is 19.4 Å². The number of aliphatic hydroxyl groups is 8. The van der Waals surface area contributed by atoms with Crippen LogP contribution in [0.2, 0.25) is 0 Å². The highest BCUT2D eigenvalue weighted by atomic mass is 16.7. The molecule has 0 saturated carbocycles. The molecule has 0 fully saturated rings. The van der Waals surface area contributed by atoms with E-state index in [2.05, 4.69) is 0 Å². The van der Waals surface area contributed by atoms with Crippen molar-refractivity contribution in [3.63, 3.8) is 0 Å². The van der Waals surface area contributed by atoms with Gasteiger partial charge in [-0.05, 0) is 12.8 Å². The molecule has 0 aromatic carbocycles. The van der Waals surface area contributed by atoms with Gasteiger partial charge >= 0.3 is 17.7 Å². The van der Waals surface area contributed by atoms with Gasteiger partial charge in [0.1, 0.15) is 0 Å². The predicted molar refractivity (Wildman–Crippen MR) is 142 cm³/mol. The molecule has 0 saturated heterocycles. The quantitative estimate of drug-likeness (QED) is 0.0215. The van der Waals surface area contributed by atoms with E-state index in [9.17, 15) is 60.0 Å². The second-order valence-corrected chi connectivity index (χ2v) is 9.59. The van der Waals surface area contributed by atoms with Crippen LogP contribution in [-0.2, 0) is 38.1 Å². The number of carbonyl (C=O) groups excluding carboxylic acids is 4. The van der Waals surface area contributed by atoms with E-state index in [1.54, 1.807) is 0 Å². The summed E-state index contributed by atoms with van der Waals surface area (Å²) in [5.41, 5.74) is 0. The fraction of sp³-hybridized carbons (Fsp3) is 0.840. The van der Waals surface area contributed by atoms with Crippen molar-refractivity contribution in [3.8, 4) is 0 Å². The maximum atomic E-state index is 11.6. The van der Waals surface area contributed by atoms with Crippen molar-refractivity contribution in [2.75, 3.05) is 66.8 Å². The molecule has 8 N–H and O–H groups in total. The van der Waals surface area contributed by atoms with Gasteiger partial charge in [-0.1, -0.05) is 13.8 Å². The third-order valence-corrected chi connectivity index (χ3v) is 6.11. The first-order chi connectivity index (χ1) is 19.9. The van der Waals surface area contributed by atoms with Crippen molar-refractivity contribution in [2.45, 2.75) is 69.3 Å².